The van der Waals surface area contributed by atoms with Gasteiger partial charge in [0, 0.05) is 5.69 Å². The van der Waals surface area contributed by atoms with Crippen molar-refractivity contribution >= 4 is 40.2 Å². The maximum atomic E-state index is 13.1. The number of hydrogen-bond donors (Lipinski definition) is 2. The van der Waals surface area contributed by atoms with Gasteiger partial charge in [-0.2, -0.15) is 0 Å². The molecule has 7 heteroatoms. The van der Waals surface area contributed by atoms with E-state index in [9.17, 15) is 9.59 Å². The maximum Gasteiger partial charge on any atom is 0.338 e. The third-order valence-electron chi connectivity index (χ3n) is 5.82. The predicted octanol–water partition coefficient (Wildman–Crippen LogP) is 5.65. The van der Waals surface area contributed by atoms with Gasteiger partial charge < -0.3 is 15.4 Å². The Bertz CT molecular complexity index is 1300. The highest BCUT2D eigenvalue weighted by Crippen LogP contribution is 2.36. The number of aryl methyl sites for hydroxylation is 2. The summed E-state index contributed by atoms with van der Waals surface area (Å²) in [5.41, 5.74) is 5.84. The van der Waals surface area contributed by atoms with Crippen molar-refractivity contribution in [3.8, 4) is 0 Å². The first-order chi connectivity index (χ1) is 17.5. The fourth-order valence-electron chi connectivity index (χ4n) is 3.88. The Morgan fingerprint density at radius 1 is 0.972 bits per heavy atom. The third-order valence-corrected chi connectivity index (χ3v) is 6.71. The summed E-state index contributed by atoms with van der Waals surface area (Å²) in [5, 5.41) is 6.82. The van der Waals surface area contributed by atoms with Gasteiger partial charge in [-0.15, -0.1) is 0 Å². The second kappa shape index (κ2) is 11.7. The topological polar surface area (TPSA) is 79.8 Å². The highest BCUT2D eigenvalue weighted by Gasteiger charge is 2.32. The van der Waals surface area contributed by atoms with Crippen LogP contribution in [0.4, 0.5) is 5.69 Å². The molecule has 0 aliphatic carbocycles. The van der Waals surface area contributed by atoms with Gasteiger partial charge in [0.1, 0.15) is 6.04 Å². The molecular formula is C29H29N3O3S. The summed E-state index contributed by atoms with van der Waals surface area (Å²) in [6, 6.07) is 24.5. The van der Waals surface area contributed by atoms with Crippen LogP contribution in [0.5, 0.6) is 0 Å². The standard InChI is InChI=1S/C29H29N3O3S/c1-4-35-28(34)25-26(21-11-7-5-8-12-21)31-29(32-27(25)22-13-9-6-10-14-22)36-18-24(33)30-23-16-15-19(2)20(3)17-23/h5-17,26H,4,18H2,1-3H3,(H,30,33)(H,31,32)/t26-/m0/s1. The van der Waals surface area contributed by atoms with Crippen molar-refractivity contribution in [3.05, 3.63) is 107 Å². The monoisotopic (exact) mass is 499 g/mol. The van der Waals surface area contributed by atoms with Crippen LogP contribution < -0.4 is 10.6 Å². The van der Waals surface area contributed by atoms with Gasteiger partial charge in [0.2, 0.25) is 5.91 Å². The van der Waals surface area contributed by atoms with E-state index in [2.05, 4.69) is 10.6 Å². The van der Waals surface area contributed by atoms with Crippen LogP contribution in [-0.2, 0) is 14.3 Å². The Labute approximate surface area is 215 Å². The number of hydrogen-bond acceptors (Lipinski definition) is 6. The lowest BCUT2D eigenvalue weighted by Gasteiger charge is -2.27. The van der Waals surface area contributed by atoms with Gasteiger partial charge in [0.25, 0.3) is 0 Å². The maximum absolute atomic E-state index is 13.1. The summed E-state index contributed by atoms with van der Waals surface area (Å²) in [5.74, 6) is -0.389. The van der Waals surface area contributed by atoms with Crippen LogP contribution in [0.15, 0.2) is 89.4 Å². The highest BCUT2D eigenvalue weighted by atomic mass is 32.2. The van der Waals surface area contributed by atoms with Crippen LogP contribution in [-0.4, -0.2) is 29.4 Å². The molecule has 0 unspecified atom stereocenters. The van der Waals surface area contributed by atoms with Gasteiger partial charge in [-0.25, -0.2) is 9.79 Å². The van der Waals surface area contributed by atoms with Gasteiger partial charge in [0.15, 0.2) is 5.17 Å². The van der Waals surface area contributed by atoms with Crippen molar-refractivity contribution in [2.45, 2.75) is 26.8 Å². The van der Waals surface area contributed by atoms with E-state index in [4.69, 9.17) is 9.73 Å². The van der Waals surface area contributed by atoms with E-state index in [1.165, 1.54) is 17.3 Å². The summed E-state index contributed by atoms with van der Waals surface area (Å²) in [4.78, 5) is 30.7. The quantitative estimate of drug-likeness (QED) is 0.411. The fraction of sp³-hybridized carbons (Fsp3) is 0.207. The first kappa shape index (κ1) is 25.3. The van der Waals surface area contributed by atoms with Gasteiger partial charge in [-0.05, 0) is 55.2 Å². The third kappa shape index (κ3) is 6.04. The number of esters is 1. The van der Waals surface area contributed by atoms with Crippen molar-refractivity contribution in [2.75, 3.05) is 17.7 Å². The fourth-order valence-corrected chi connectivity index (χ4v) is 4.57. The second-order valence-electron chi connectivity index (χ2n) is 8.38. The normalized spacial score (nSPS) is 15.1. The van der Waals surface area contributed by atoms with Crippen molar-refractivity contribution in [1.82, 2.24) is 5.32 Å². The first-order valence-electron chi connectivity index (χ1n) is 11.8. The minimum absolute atomic E-state index is 0.134. The number of amidine groups is 1. The summed E-state index contributed by atoms with van der Waals surface area (Å²) >= 11 is 1.30. The Morgan fingerprint density at radius 3 is 2.33 bits per heavy atom. The molecule has 1 aliphatic rings. The number of amides is 1. The van der Waals surface area contributed by atoms with Crippen LogP contribution in [0.2, 0.25) is 0 Å². The average Bonchev–Trinajstić information content (AvgIpc) is 2.90. The van der Waals surface area contributed by atoms with Crippen molar-refractivity contribution in [1.29, 1.82) is 0 Å². The molecular weight excluding hydrogens is 470 g/mol. The zero-order valence-corrected chi connectivity index (χ0v) is 21.4. The molecule has 0 fully saturated rings. The number of carbonyl (C=O) groups is 2. The number of nitrogens with zero attached hydrogens (tertiary/aromatic N) is 1. The number of anilines is 1. The number of nitrogens with one attached hydrogen (secondary N) is 2. The van der Waals surface area contributed by atoms with Crippen LogP contribution in [0.1, 0.15) is 35.2 Å². The smallest absolute Gasteiger partial charge is 0.338 e. The summed E-state index contributed by atoms with van der Waals surface area (Å²) in [6.07, 6.45) is 0. The molecule has 0 saturated carbocycles. The molecule has 0 bridgehead atoms. The minimum atomic E-state index is -0.563. The molecule has 3 aromatic rings. The van der Waals surface area contributed by atoms with Gasteiger partial charge in [0.05, 0.1) is 23.6 Å². The van der Waals surface area contributed by atoms with Crippen LogP contribution in [0, 0.1) is 13.8 Å². The summed E-state index contributed by atoms with van der Waals surface area (Å²) in [6.45, 7) is 6.10. The lowest BCUT2D eigenvalue weighted by atomic mass is 9.94. The van der Waals surface area contributed by atoms with E-state index in [0.717, 1.165) is 22.4 Å². The molecule has 1 aliphatic heterocycles. The molecule has 1 amide bonds. The van der Waals surface area contributed by atoms with Gasteiger partial charge >= 0.3 is 5.97 Å². The van der Waals surface area contributed by atoms with E-state index < -0.39 is 12.0 Å². The molecule has 0 radical (unpaired) electrons. The van der Waals surface area contributed by atoms with Crippen molar-refractivity contribution < 1.29 is 14.3 Å². The molecule has 0 saturated heterocycles. The lowest BCUT2D eigenvalue weighted by molar-refractivity contribution is -0.138. The van der Waals surface area contributed by atoms with E-state index in [1.807, 2.05) is 92.7 Å². The Hall–Kier alpha value is -3.84. The lowest BCUT2D eigenvalue weighted by Crippen LogP contribution is -2.31. The van der Waals surface area contributed by atoms with Crippen LogP contribution in [0.25, 0.3) is 5.70 Å². The second-order valence-corrected chi connectivity index (χ2v) is 9.35. The zero-order valence-electron chi connectivity index (χ0n) is 20.6. The SMILES string of the molecule is CCOC(=O)C1=C(c2ccccc2)NC(SCC(=O)Nc2ccc(C)c(C)c2)=N[C@H]1c1ccccc1. The Balaban J connectivity index is 1.62. The summed E-state index contributed by atoms with van der Waals surface area (Å²) in [7, 11) is 0. The number of ether oxygens (including phenoxy) is 1. The molecule has 0 spiro atoms. The van der Waals surface area contributed by atoms with E-state index in [1.54, 1.807) is 6.92 Å². The molecule has 36 heavy (non-hydrogen) atoms. The number of benzene rings is 3. The van der Waals surface area contributed by atoms with E-state index in [-0.39, 0.29) is 18.3 Å². The number of aliphatic imine (C=N–C) groups is 1. The molecule has 3 aromatic carbocycles. The van der Waals surface area contributed by atoms with E-state index >= 15 is 0 Å². The molecule has 2 N–H and O–H groups in total. The van der Waals surface area contributed by atoms with Crippen LogP contribution >= 0.6 is 11.8 Å². The minimum Gasteiger partial charge on any atom is -0.463 e. The first-order valence-corrected chi connectivity index (χ1v) is 12.8. The Morgan fingerprint density at radius 2 is 1.67 bits per heavy atom. The zero-order chi connectivity index (χ0) is 25.5. The molecule has 4 rings (SSSR count). The average molecular weight is 500 g/mol. The number of carbonyl (C=O) groups excluding carboxylic acids is 2. The molecule has 1 heterocycles. The van der Waals surface area contributed by atoms with Gasteiger partial charge in [-0.3, -0.25) is 4.79 Å². The molecule has 0 aromatic heterocycles. The number of rotatable bonds is 7. The Kier molecular flexibility index (Phi) is 8.23. The summed E-state index contributed by atoms with van der Waals surface area (Å²) < 4.78 is 5.43. The van der Waals surface area contributed by atoms with Crippen molar-refractivity contribution in [3.63, 3.8) is 0 Å². The number of thioether (sulfide) groups is 1. The van der Waals surface area contributed by atoms with Gasteiger partial charge in [-0.1, -0.05) is 78.5 Å². The molecule has 6 nitrogen and oxygen atoms in total. The molecule has 1 atom stereocenters. The highest BCUT2D eigenvalue weighted by molar-refractivity contribution is 8.14. The predicted molar refractivity (Wildman–Crippen MR) is 147 cm³/mol. The largest absolute Gasteiger partial charge is 0.463 e. The van der Waals surface area contributed by atoms with E-state index in [0.29, 0.717) is 16.4 Å². The molecule has 184 valence electrons. The van der Waals surface area contributed by atoms with Crippen molar-refractivity contribution in [2.24, 2.45) is 4.99 Å². The van der Waals surface area contributed by atoms with Crippen LogP contribution in [0.3, 0.4) is 0 Å².